The van der Waals surface area contributed by atoms with Gasteiger partial charge in [0.2, 0.25) is 0 Å². The number of benzene rings is 1. The first-order chi connectivity index (χ1) is 13.2. The second-order valence-corrected chi connectivity index (χ2v) is 7.30. The van der Waals surface area contributed by atoms with Gasteiger partial charge in [-0.05, 0) is 72.0 Å². The van der Waals surface area contributed by atoms with E-state index in [2.05, 4.69) is 17.1 Å². The Bertz CT molecular complexity index is 797. The fourth-order valence-electron chi connectivity index (χ4n) is 3.96. The number of thiocarbonyl (C=S) groups is 2. The van der Waals surface area contributed by atoms with E-state index in [-0.39, 0.29) is 17.1 Å². The van der Waals surface area contributed by atoms with Gasteiger partial charge in [-0.25, -0.2) is 0 Å². The molecule has 1 aliphatic carbocycles. The van der Waals surface area contributed by atoms with Crippen molar-refractivity contribution in [2.75, 3.05) is 6.61 Å². The van der Waals surface area contributed by atoms with Gasteiger partial charge in [0.15, 0.2) is 0 Å². The summed E-state index contributed by atoms with van der Waals surface area (Å²) in [5.74, 6) is 0.953. The van der Waals surface area contributed by atoms with Crippen LogP contribution in [0.25, 0.3) is 0 Å². The zero-order chi connectivity index (χ0) is 19.1. The van der Waals surface area contributed by atoms with Crippen molar-refractivity contribution >= 4 is 35.2 Å². The van der Waals surface area contributed by atoms with Gasteiger partial charge in [-0.1, -0.05) is 42.5 Å². The monoisotopic (exact) mass is 397 g/mol. The molecule has 1 heterocycles. The second kappa shape index (κ2) is 9.20. The Kier molecular flexibility index (Phi) is 6.69. The minimum Gasteiger partial charge on any atom is -0.508 e. The summed E-state index contributed by atoms with van der Waals surface area (Å²) in [6.45, 7) is 0.462. The zero-order valence-corrected chi connectivity index (χ0v) is 16.7. The Labute approximate surface area is 171 Å². The predicted octanol–water partition coefficient (Wildman–Crippen LogP) is 5.22. The van der Waals surface area contributed by atoms with Crippen molar-refractivity contribution in [3.8, 4) is 11.5 Å². The molecule has 1 atom stereocenters. The second-order valence-electron chi connectivity index (χ2n) is 6.75. The van der Waals surface area contributed by atoms with E-state index in [0.717, 1.165) is 37.0 Å². The standard InChI is InChI=1S/C22H23NO2S2/c24-20-6-8-21(9-7-20)25-13-10-17-4-1-2-11-22(17,19(15-26)16-27)18-5-3-12-23-14-18/h3,5-10,12,14-16,19,24H,1-2,4,11,13H2. The molecule has 1 aliphatic rings. The Balaban J connectivity index is 1.92. The molecule has 0 radical (unpaired) electrons. The Morgan fingerprint density at radius 2 is 1.93 bits per heavy atom. The summed E-state index contributed by atoms with van der Waals surface area (Å²) < 4.78 is 5.86. The lowest BCUT2D eigenvalue weighted by Crippen LogP contribution is -2.41. The number of ether oxygens (including phenoxy) is 1. The normalized spacial score (nSPS) is 21.1. The number of aromatic hydroxyl groups is 1. The first-order valence-corrected chi connectivity index (χ1v) is 10.1. The molecule has 0 bridgehead atoms. The highest BCUT2D eigenvalue weighted by Crippen LogP contribution is 2.47. The zero-order valence-electron chi connectivity index (χ0n) is 15.1. The molecule has 0 spiro atoms. The molecule has 1 unspecified atom stereocenters. The van der Waals surface area contributed by atoms with Gasteiger partial charge < -0.3 is 9.84 Å². The molecule has 0 aliphatic heterocycles. The first-order valence-electron chi connectivity index (χ1n) is 9.13. The highest BCUT2D eigenvalue weighted by atomic mass is 32.1. The number of nitrogens with zero attached hydrogens (tertiary/aromatic N) is 1. The van der Waals surface area contributed by atoms with E-state index in [1.165, 1.54) is 5.57 Å². The van der Waals surface area contributed by atoms with Crippen molar-refractivity contribution in [3.63, 3.8) is 0 Å². The van der Waals surface area contributed by atoms with Crippen LogP contribution in [0.1, 0.15) is 31.2 Å². The van der Waals surface area contributed by atoms with Crippen molar-refractivity contribution in [3.05, 3.63) is 66.0 Å². The van der Waals surface area contributed by atoms with Gasteiger partial charge >= 0.3 is 0 Å². The fraction of sp³-hybridized carbons (Fsp3) is 0.318. The first kappa shape index (κ1) is 19.6. The van der Waals surface area contributed by atoms with Gasteiger partial charge in [-0.15, -0.1) is 0 Å². The third-order valence-electron chi connectivity index (χ3n) is 5.30. The summed E-state index contributed by atoms with van der Waals surface area (Å²) in [5, 5.41) is 13.0. The number of aromatic nitrogens is 1. The maximum atomic E-state index is 9.40. The minimum atomic E-state index is -0.242. The molecule has 2 aromatic rings. The molecular weight excluding hydrogens is 374 g/mol. The van der Waals surface area contributed by atoms with E-state index in [1.807, 2.05) is 12.3 Å². The maximum absolute atomic E-state index is 9.40. The Morgan fingerprint density at radius 3 is 2.59 bits per heavy atom. The molecule has 1 aromatic heterocycles. The number of hydrogen-bond donors (Lipinski definition) is 1. The predicted molar refractivity (Wildman–Crippen MR) is 117 cm³/mol. The van der Waals surface area contributed by atoms with Gasteiger partial charge in [0.25, 0.3) is 0 Å². The molecule has 1 fully saturated rings. The maximum Gasteiger partial charge on any atom is 0.120 e. The molecule has 1 N–H and O–H groups in total. The lowest BCUT2D eigenvalue weighted by atomic mass is 9.60. The molecule has 3 rings (SSSR count). The molecule has 1 saturated carbocycles. The van der Waals surface area contributed by atoms with Crippen LogP contribution in [-0.4, -0.2) is 27.4 Å². The molecule has 5 heteroatoms. The molecular formula is C22H23NO2S2. The van der Waals surface area contributed by atoms with Crippen LogP contribution < -0.4 is 4.74 Å². The third-order valence-corrected chi connectivity index (χ3v) is 5.88. The highest BCUT2D eigenvalue weighted by molar-refractivity contribution is 7.80. The summed E-state index contributed by atoms with van der Waals surface area (Å²) in [6.07, 6.45) is 10.2. The van der Waals surface area contributed by atoms with E-state index in [9.17, 15) is 5.11 Å². The molecule has 3 nitrogen and oxygen atoms in total. The fourth-order valence-corrected chi connectivity index (χ4v) is 4.68. The summed E-state index contributed by atoms with van der Waals surface area (Å²) in [7, 11) is 0. The summed E-state index contributed by atoms with van der Waals surface area (Å²) in [5.41, 5.74) is 2.23. The van der Waals surface area contributed by atoms with Crippen LogP contribution in [0.15, 0.2) is 60.4 Å². The minimum absolute atomic E-state index is 0.00748. The Hall–Kier alpha value is -2.11. The van der Waals surface area contributed by atoms with Crippen molar-refractivity contribution in [1.82, 2.24) is 4.98 Å². The van der Waals surface area contributed by atoms with Crippen molar-refractivity contribution < 1.29 is 9.84 Å². The van der Waals surface area contributed by atoms with Crippen LogP contribution in [0, 0.1) is 5.92 Å². The summed E-state index contributed by atoms with van der Waals surface area (Å²) in [6, 6.07) is 10.9. The van der Waals surface area contributed by atoms with Gasteiger partial charge in [-0.2, -0.15) is 0 Å². The topological polar surface area (TPSA) is 42.4 Å². The Morgan fingerprint density at radius 1 is 1.15 bits per heavy atom. The van der Waals surface area contributed by atoms with Gasteiger partial charge in [-0.3, -0.25) is 4.98 Å². The van der Waals surface area contributed by atoms with Crippen LogP contribution in [-0.2, 0) is 5.41 Å². The van der Waals surface area contributed by atoms with Crippen LogP contribution in [0.2, 0.25) is 0 Å². The van der Waals surface area contributed by atoms with E-state index in [4.69, 9.17) is 29.2 Å². The van der Waals surface area contributed by atoms with Crippen LogP contribution >= 0.6 is 24.4 Å². The number of hydrogen-bond acceptors (Lipinski definition) is 5. The third kappa shape index (κ3) is 4.25. The van der Waals surface area contributed by atoms with E-state index < -0.39 is 0 Å². The van der Waals surface area contributed by atoms with E-state index in [0.29, 0.717) is 6.61 Å². The van der Waals surface area contributed by atoms with E-state index >= 15 is 0 Å². The van der Waals surface area contributed by atoms with Crippen LogP contribution in [0.3, 0.4) is 0 Å². The number of rotatable bonds is 7. The largest absolute Gasteiger partial charge is 0.508 e. The van der Waals surface area contributed by atoms with Crippen LogP contribution in [0.5, 0.6) is 11.5 Å². The number of phenols is 1. The average Bonchev–Trinajstić information content (AvgIpc) is 2.72. The SMILES string of the molecule is Oc1ccc(OCC=C2CCCCC2(c2cccnc2)C(C=S)C=S)cc1. The number of pyridine rings is 1. The quantitative estimate of drug-likeness (QED) is 0.512. The smallest absolute Gasteiger partial charge is 0.120 e. The van der Waals surface area contributed by atoms with Gasteiger partial charge in [0.05, 0.1) is 0 Å². The van der Waals surface area contributed by atoms with Crippen molar-refractivity contribution in [2.45, 2.75) is 31.1 Å². The summed E-state index contributed by atoms with van der Waals surface area (Å²) in [4.78, 5) is 4.35. The van der Waals surface area contributed by atoms with Gasteiger partial charge in [0, 0.05) is 23.7 Å². The number of allylic oxidation sites excluding steroid dienone is 1. The average molecular weight is 398 g/mol. The molecule has 27 heavy (non-hydrogen) atoms. The van der Waals surface area contributed by atoms with Crippen molar-refractivity contribution in [2.24, 2.45) is 5.92 Å². The van der Waals surface area contributed by atoms with Crippen LogP contribution in [0.4, 0.5) is 0 Å². The lowest BCUT2D eigenvalue weighted by molar-refractivity contribution is 0.339. The molecule has 140 valence electrons. The molecule has 0 saturated heterocycles. The molecule has 1 aromatic carbocycles. The van der Waals surface area contributed by atoms with Crippen molar-refractivity contribution in [1.29, 1.82) is 0 Å². The lowest BCUT2D eigenvalue weighted by Gasteiger charge is -2.43. The molecule has 0 amide bonds. The van der Waals surface area contributed by atoms with Gasteiger partial charge in [0.1, 0.15) is 18.1 Å². The van der Waals surface area contributed by atoms with E-state index in [1.54, 1.807) is 41.2 Å². The summed E-state index contributed by atoms with van der Waals surface area (Å²) >= 11 is 10.7. The number of phenolic OH excluding ortho intramolecular Hbond substituents is 1. The highest BCUT2D eigenvalue weighted by Gasteiger charge is 2.43.